The summed E-state index contributed by atoms with van der Waals surface area (Å²) in [5.41, 5.74) is 23.0. The van der Waals surface area contributed by atoms with Crippen molar-refractivity contribution in [2.24, 2.45) is 0 Å². The van der Waals surface area contributed by atoms with Crippen LogP contribution in [0.5, 0.6) is 0 Å². The first-order valence-corrected chi connectivity index (χ1v) is 21.8. The molecule has 2 nitrogen and oxygen atoms in total. The van der Waals surface area contributed by atoms with Gasteiger partial charge in [-0.15, -0.1) is 0 Å². The van der Waals surface area contributed by atoms with E-state index in [-0.39, 0.29) is 10.8 Å². The zero-order valence-electron chi connectivity index (χ0n) is 35.4. The predicted molar refractivity (Wildman–Crippen MR) is 260 cm³/mol. The van der Waals surface area contributed by atoms with Crippen LogP contribution in [0.25, 0.3) is 77.6 Å². The number of fused-ring (bicyclic) bond motifs is 9. The molecule has 62 heavy (non-hydrogen) atoms. The van der Waals surface area contributed by atoms with Crippen molar-refractivity contribution in [3.63, 3.8) is 0 Å². The van der Waals surface area contributed by atoms with Gasteiger partial charge in [0.05, 0.1) is 5.69 Å². The zero-order valence-corrected chi connectivity index (χ0v) is 35.4. The van der Waals surface area contributed by atoms with E-state index in [1.165, 1.54) is 66.8 Å². The summed E-state index contributed by atoms with van der Waals surface area (Å²) in [5.74, 6) is 0. The highest BCUT2D eigenvalue weighted by molar-refractivity contribution is 6.14. The van der Waals surface area contributed by atoms with E-state index < -0.39 is 0 Å². The highest BCUT2D eigenvalue weighted by Gasteiger charge is 2.38. The second kappa shape index (κ2) is 13.5. The first-order chi connectivity index (χ1) is 30.3. The molecule has 0 atom stereocenters. The molecule has 2 aliphatic rings. The normalized spacial score (nSPS) is 14.1. The van der Waals surface area contributed by atoms with Gasteiger partial charge in [0.2, 0.25) is 0 Å². The van der Waals surface area contributed by atoms with E-state index in [4.69, 9.17) is 4.42 Å². The lowest BCUT2D eigenvalue weighted by Gasteiger charge is -2.29. The first-order valence-electron chi connectivity index (χ1n) is 21.8. The Kier molecular flexibility index (Phi) is 7.96. The standard InChI is InChI=1S/C60H45NO/c1-59(2)51-22-9-5-15-44(51)46-36-31-40(37-53(46)59)38-27-32-41(33-28-38)61(54-24-11-7-17-47(54)48-20-14-26-56-57(48)50-18-8-12-25-55(50)62-56)42-34-29-39(30-35-42)43-19-13-21-49-45-16-6-10-23-52(45)60(3,4)58(43)49/h5-37H,1-4H3. The van der Waals surface area contributed by atoms with Crippen LogP contribution < -0.4 is 4.90 Å². The third-order valence-electron chi connectivity index (χ3n) is 13.9. The van der Waals surface area contributed by atoms with Gasteiger partial charge in [0, 0.05) is 38.5 Å². The molecular formula is C60H45NO. The van der Waals surface area contributed by atoms with Crippen molar-refractivity contribution in [1.82, 2.24) is 0 Å². The van der Waals surface area contributed by atoms with Crippen molar-refractivity contribution < 1.29 is 4.42 Å². The van der Waals surface area contributed by atoms with Crippen LogP contribution >= 0.6 is 0 Å². The van der Waals surface area contributed by atoms with E-state index >= 15 is 0 Å². The summed E-state index contributed by atoms with van der Waals surface area (Å²) in [7, 11) is 0. The lowest BCUT2D eigenvalue weighted by molar-refractivity contribution is 0.660. The van der Waals surface area contributed by atoms with Gasteiger partial charge in [-0.05, 0) is 121 Å². The van der Waals surface area contributed by atoms with E-state index in [2.05, 4.69) is 227 Å². The Hall–Kier alpha value is -7.42. The smallest absolute Gasteiger partial charge is 0.136 e. The van der Waals surface area contributed by atoms with E-state index in [9.17, 15) is 0 Å². The topological polar surface area (TPSA) is 16.4 Å². The van der Waals surface area contributed by atoms with Gasteiger partial charge in [-0.25, -0.2) is 0 Å². The Morgan fingerprint density at radius 2 is 0.871 bits per heavy atom. The van der Waals surface area contributed by atoms with Gasteiger partial charge in [0.1, 0.15) is 11.2 Å². The summed E-state index contributed by atoms with van der Waals surface area (Å²) in [6.07, 6.45) is 0. The fourth-order valence-corrected chi connectivity index (χ4v) is 10.9. The number of para-hydroxylation sites is 2. The maximum atomic E-state index is 6.41. The third-order valence-corrected chi connectivity index (χ3v) is 13.9. The third kappa shape index (κ3) is 5.36. The monoisotopic (exact) mass is 795 g/mol. The van der Waals surface area contributed by atoms with Crippen molar-refractivity contribution in [2.75, 3.05) is 4.90 Å². The number of hydrogen-bond donors (Lipinski definition) is 0. The number of hydrogen-bond acceptors (Lipinski definition) is 2. The average Bonchev–Trinajstić information content (AvgIpc) is 3.90. The Morgan fingerprint density at radius 3 is 1.63 bits per heavy atom. The van der Waals surface area contributed by atoms with Crippen molar-refractivity contribution in [3.05, 3.63) is 222 Å². The van der Waals surface area contributed by atoms with Crippen molar-refractivity contribution in [2.45, 2.75) is 38.5 Å². The molecule has 0 amide bonds. The van der Waals surface area contributed by atoms with E-state index in [0.29, 0.717) is 0 Å². The minimum absolute atomic E-state index is 0.0583. The maximum Gasteiger partial charge on any atom is 0.136 e. The molecule has 0 radical (unpaired) electrons. The van der Waals surface area contributed by atoms with Crippen molar-refractivity contribution >= 4 is 39.0 Å². The highest BCUT2D eigenvalue weighted by atomic mass is 16.3. The number of anilines is 3. The molecule has 0 saturated carbocycles. The molecule has 10 aromatic rings. The largest absolute Gasteiger partial charge is 0.456 e. The predicted octanol–water partition coefficient (Wildman–Crippen LogP) is 16.7. The number of furan rings is 1. The van der Waals surface area contributed by atoms with Crippen LogP contribution in [0.1, 0.15) is 49.9 Å². The molecule has 0 aliphatic heterocycles. The molecule has 1 aromatic heterocycles. The molecule has 0 unspecified atom stereocenters. The van der Waals surface area contributed by atoms with Gasteiger partial charge >= 0.3 is 0 Å². The van der Waals surface area contributed by atoms with Gasteiger partial charge in [-0.1, -0.05) is 179 Å². The summed E-state index contributed by atoms with van der Waals surface area (Å²) >= 11 is 0. The molecule has 0 fully saturated rings. The van der Waals surface area contributed by atoms with Gasteiger partial charge < -0.3 is 9.32 Å². The fraction of sp³-hybridized carbons (Fsp3) is 0.100. The maximum absolute atomic E-state index is 6.41. The molecule has 0 N–H and O–H groups in total. The molecule has 2 heteroatoms. The van der Waals surface area contributed by atoms with Crippen LogP contribution in [0.4, 0.5) is 17.1 Å². The Morgan fingerprint density at radius 1 is 0.355 bits per heavy atom. The average molecular weight is 796 g/mol. The van der Waals surface area contributed by atoms with Gasteiger partial charge in [-0.2, -0.15) is 0 Å². The molecule has 1 heterocycles. The second-order valence-corrected chi connectivity index (χ2v) is 18.1. The van der Waals surface area contributed by atoms with Gasteiger partial charge in [0.15, 0.2) is 0 Å². The highest BCUT2D eigenvalue weighted by Crippen LogP contribution is 2.53. The van der Waals surface area contributed by atoms with Crippen LogP contribution in [-0.2, 0) is 10.8 Å². The summed E-state index contributed by atoms with van der Waals surface area (Å²) in [6, 6.07) is 73.5. The van der Waals surface area contributed by atoms with E-state index in [1.54, 1.807) is 0 Å². The molecule has 9 aromatic carbocycles. The summed E-state index contributed by atoms with van der Waals surface area (Å²) in [5, 5.41) is 2.25. The number of benzene rings is 9. The van der Waals surface area contributed by atoms with Crippen LogP contribution in [0.15, 0.2) is 205 Å². The minimum Gasteiger partial charge on any atom is -0.456 e. The van der Waals surface area contributed by atoms with Crippen LogP contribution in [0, 0.1) is 0 Å². The molecule has 0 saturated heterocycles. The number of rotatable bonds is 6. The molecule has 0 spiro atoms. The summed E-state index contributed by atoms with van der Waals surface area (Å²) < 4.78 is 6.41. The van der Waals surface area contributed by atoms with Crippen LogP contribution in [0.3, 0.4) is 0 Å². The lowest BCUT2D eigenvalue weighted by atomic mass is 9.79. The van der Waals surface area contributed by atoms with Crippen LogP contribution in [-0.4, -0.2) is 0 Å². The molecule has 296 valence electrons. The molecule has 2 aliphatic carbocycles. The van der Waals surface area contributed by atoms with Crippen molar-refractivity contribution in [3.8, 4) is 55.6 Å². The summed E-state index contributed by atoms with van der Waals surface area (Å²) in [4.78, 5) is 2.42. The van der Waals surface area contributed by atoms with E-state index in [0.717, 1.165) is 50.1 Å². The Labute approximate surface area is 363 Å². The van der Waals surface area contributed by atoms with Crippen molar-refractivity contribution in [1.29, 1.82) is 0 Å². The quantitative estimate of drug-likeness (QED) is 0.167. The SMILES string of the molecule is CC1(C)c2ccccc2-c2ccc(-c3ccc(N(c4ccc(-c5cccc6c5C(C)(C)c5ccccc5-6)cc4)c4ccccc4-c4cccc5oc6ccccc6c45)cc3)cc21. The molecule has 12 rings (SSSR count). The number of nitrogens with zero attached hydrogens (tertiary/aromatic N) is 1. The second-order valence-electron chi connectivity index (χ2n) is 18.1. The Balaban J connectivity index is 0.994. The first kappa shape index (κ1) is 36.4. The van der Waals surface area contributed by atoms with E-state index in [1.807, 2.05) is 6.07 Å². The lowest BCUT2D eigenvalue weighted by Crippen LogP contribution is -2.16. The fourth-order valence-electron chi connectivity index (χ4n) is 10.9. The minimum atomic E-state index is -0.106. The van der Waals surface area contributed by atoms with Gasteiger partial charge in [-0.3, -0.25) is 0 Å². The Bertz CT molecular complexity index is 3400. The molecular weight excluding hydrogens is 751 g/mol. The van der Waals surface area contributed by atoms with Gasteiger partial charge in [0.25, 0.3) is 0 Å². The molecule has 0 bridgehead atoms. The van der Waals surface area contributed by atoms with Crippen LogP contribution in [0.2, 0.25) is 0 Å². The summed E-state index contributed by atoms with van der Waals surface area (Å²) in [6.45, 7) is 9.43. The zero-order chi connectivity index (χ0) is 41.7.